The summed E-state index contributed by atoms with van der Waals surface area (Å²) in [5, 5.41) is 11.4. The van der Waals surface area contributed by atoms with E-state index in [2.05, 4.69) is 49.3 Å². The molecule has 2 aliphatic heterocycles. The van der Waals surface area contributed by atoms with Gasteiger partial charge in [0.2, 0.25) is 0 Å². The van der Waals surface area contributed by atoms with E-state index in [4.69, 9.17) is 0 Å². The largest absolute Gasteiger partial charge is 0.355 e. The van der Waals surface area contributed by atoms with E-state index in [1.165, 1.54) is 63.8 Å². The molecule has 2 N–H and O–H groups in total. The second-order valence-electron chi connectivity index (χ2n) is 7.49. The van der Waals surface area contributed by atoms with Crippen molar-refractivity contribution in [2.75, 3.05) is 46.8 Å². The first kappa shape index (κ1) is 21.9. The lowest BCUT2D eigenvalue weighted by Gasteiger charge is -2.50. The van der Waals surface area contributed by atoms with E-state index in [1.54, 1.807) is 11.3 Å². The number of rotatable bonds is 5. The molecule has 148 valence electrons. The van der Waals surface area contributed by atoms with Crippen molar-refractivity contribution >= 4 is 41.3 Å². The van der Waals surface area contributed by atoms with E-state index in [0.29, 0.717) is 0 Å². The Morgan fingerprint density at radius 3 is 2.50 bits per heavy atom. The second kappa shape index (κ2) is 10.8. The molecule has 2 aliphatic rings. The lowest BCUT2D eigenvalue weighted by molar-refractivity contribution is 0.0173. The van der Waals surface area contributed by atoms with Crippen LogP contribution in [0.5, 0.6) is 0 Å². The average molecular weight is 491 g/mol. The molecule has 26 heavy (non-hydrogen) atoms. The SMILES string of the molecule is CN=C(NCc1ccsc1)NCC1(N2CCCCC2)CCN(C)CC1.I. The summed E-state index contributed by atoms with van der Waals surface area (Å²) in [6, 6.07) is 2.16. The zero-order valence-corrected chi connectivity index (χ0v) is 19.3. The maximum absolute atomic E-state index is 4.43. The maximum atomic E-state index is 4.43. The van der Waals surface area contributed by atoms with Gasteiger partial charge in [-0.2, -0.15) is 11.3 Å². The van der Waals surface area contributed by atoms with E-state index in [9.17, 15) is 0 Å². The molecule has 0 unspecified atom stereocenters. The Balaban J connectivity index is 0.00000243. The number of nitrogens with one attached hydrogen (secondary N) is 2. The Morgan fingerprint density at radius 2 is 1.88 bits per heavy atom. The van der Waals surface area contributed by atoms with Crippen molar-refractivity contribution in [2.24, 2.45) is 4.99 Å². The number of thiophene rings is 1. The van der Waals surface area contributed by atoms with Crippen molar-refractivity contribution in [2.45, 2.75) is 44.2 Å². The van der Waals surface area contributed by atoms with Crippen LogP contribution in [0.2, 0.25) is 0 Å². The van der Waals surface area contributed by atoms with Crippen molar-refractivity contribution in [1.82, 2.24) is 20.4 Å². The van der Waals surface area contributed by atoms with E-state index < -0.39 is 0 Å². The molecule has 0 amide bonds. The van der Waals surface area contributed by atoms with Gasteiger partial charge in [0.1, 0.15) is 0 Å². The van der Waals surface area contributed by atoms with Crippen LogP contribution >= 0.6 is 35.3 Å². The van der Waals surface area contributed by atoms with Crippen molar-refractivity contribution in [1.29, 1.82) is 0 Å². The molecular weight excluding hydrogens is 457 g/mol. The van der Waals surface area contributed by atoms with Crippen LogP contribution in [-0.2, 0) is 6.54 Å². The molecular formula is C19H34IN5S. The van der Waals surface area contributed by atoms with Crippen LogP contribution in [0.4, 0.5) is 0 Å². The minimum atomic E-state index is 0. The first-order chi connectivity index (χ1) is 12.2. The molecule has 0 atom stereocenters. The van der Waals surface area contributed by atoms with Gasteiger partial charge < -0.3 is 15.5 Å². The molecule has 0 aliphatic carbocycles. The first-order valence-corrected chi connectivity index (χ1v) is 10.6. The summed E-state index contributed by atoms with van der Waals surface area (Å²) >= 11 is 1.74. The quantitative estimate of drug-likeness (QED) is 0.378. The van der Waals surface area contributed by atoms with Crippen molar-refractivity contribution in [3.63, 3.8) is 0 Å². The molecule has 0 radical (unpaired) electrons. The molecule has 0 saturated carbocycles. The molecule has 5 nitrogen and oxygen atoms in total. The van der Waals surface area contributed by atoms with E-state index in [0.717, 1.165) is 19.0 Å². The Hall–Kier alpha value is -0.380. The third-order valence-electron chi connectivity index (χ3n) is 5.79. The molecule has 0 bridgehead atoms. The fourth-order valence-corrected chi connectivity index (χ4v) is 4.72. The van der Waals surface area contributed by atoms with Crippen LogP contribution in [0.3, 0.4) is 0 Å². The first-order valence-electron chi connectivity index (χ1n) is 9.61. The fourth-order valence-electron chi connectivity index (χ4n) is 4.06. The highest BCUT2D eigenvalue weighted by molar-refractivity contribution is 14.0. The summed E-state index contributed by atoms with van der Waals surface area (Å²) < 4.78 is 0. The monoisotopic (exact) mass is 491 g/mol. The van der Waals surface area contributed by atoms with Gasteiger partial charge in [-0.15, -0.1) is 24.0 Å². The smallest absolute Gasteiger partial charge is 0.191 e. The Labute approximate surface area is 179 Å². The Morgan fingerprint density at radius 1 is 1.15 bits per heavy atom. The van der Waals surface area contributed by atoms with Crippen molar-refractivity contribution in [3.05, 3.63) is 22.4 Å². The van der Waals surface area contributed by atoms with Gasteiger partial charge in [0.05, 0.1) is 0 Å². The summed E-state index contributed by atoms with van der Waals surface area (Å²) in [5.41, 5.74) is 1.60. The maximum Gasteiger partial charge on any atom is 0.191 e. The standard InChI is InChI=1S/C19H33N5S.HI/c1-20-18(21-14-17-6-13-25-15-17)22-16-19(7-11-23(2)12-8-19)24-9-4-3-5-10-24;/h6,13,15H,3-5,7-12,14,16H2,1-2H3,(H2,20,21,22);1H. The highest BCUT2D eigenvalue weighted by Crippen LogP contribution is 2.30. The minimum absolute atomic E-state index is 0. The van der Waals surface area contributed by atoms with Crippen molar-refractivity contribution in [3.8, 4) is 0 Å². The molecule has 0 aromatic carbocycles. The lowest BCUT2D eigenvalue weighted by Crippen LogP contribution is -2.62. The fraction of sp³-hybridized carbons (Fsp3) is 0.737. The van der Waals surface area contributed by atoms with Crippen LogP contribution in [0.1, 0.15) is 37.7 Å². The van der Waals surface area contributed by atoms with Crippen LogP contribution in [0.15, 0.2) is 21.8 Å². The van der Waals surface area contributed by atoms with Gasteiger partial charge in [-0.1, -0.05) is 6.42 Å². The van der Waals surface area contributed by atoms with E-state index >= 15 is 0 Å². The molecule has 3 heterocycles. The number of piperidine rings is 2. The molecule has 1 aromatic heterocycles. The Kier molecular flexibility index (Phi) is 9.12. The van der Waals surface area contributed by atoms with Gasteiger partial charge in [-0.3, -0.25) is 9.89 Å². The number of nitrogens with zero attached hydrogens (tertiary/aromatic N) is 3. The van der Waals surface area contributed by atoms with Crippen LogP contribution in [-0.4, -0.2) is 68.1 Å². The van der Waals surface area contributed by atoms with Crippen LogP contribution in [0, 0.1) is 0 Å². The zero-order chi connectivity index (χ0) is 17.5. The summed E-state index contributed by atoms with van der Waals surface area (Å²) in [4.78, 5) is 9.66. The van der Waals surface area contributed by atoms with Crippen LogP contribution in [0.25, 0.3) is 0 Å². The number of guanidine groups is 1. The highest BCUT2D eigenvalue weighted by atomic mass is 127. The van der Waals surface area contributed by atoms with Gasteiger partial charge in [0.15, 0.2) is 5.96 Å². The predicted molar refractivity (Wildman–Crippen MR) is 123 cm³/mol. The van der Waals surface area contributed by atoms with Gasteiger partial charge in [0.25, 0.3) is 0 Å². The molecule has 3 rings (SSSR count). The lowest BCUT2D eigenvalue weighted by atomic mass is 9.84. The van der Waals surface area contributed by atoms with E-state index in [1.807, 2.05) is 7.05 Å². The molecule has 2 saturated heterocycles. The third-order valence-corrected chi connectivity index (χ3v) is 6.53. The minimum Gasteiger partial charge on any atom is -0.355 e. The zero-order valence-electron chi connectivity index (χ0n) is 16.2. The summed E-state index contributed by atoms with van der Waals surface area (Å²) in [6.45, 7) is 6.73. The van der Waals surface area contributed by atoms with Gasteiger partial charge in [-0.05, 0) is 81.3 Å². The number of halogens is 1. The molecule has 7 heteroatoms. The normalized spacial score (nSPS) is 21.8. The molecule has 0 spiro atoms. The second-order valence-corrected chi connectivity index (χ2v) is 8.27. The van der Waals surface area contributed by atoms with E-state index in [-0.39, 0.29) is 29.5 Å². The highest BCUT2D eigenvalue weighted by Gasteiger charge is 2.39. The number of hydrogen-bond donors (Lipinski definition) is 2. The van der Waals surface area contributed by atoms with Gasteiger partial charge >= 0.3 is 0 Å². The number of aliphatic imine (C=N–C) groups is 1. The molecule has 2 fully saturated rings. The van der Waals surface area contributed by atoms with Crippen molar-refractivity contribution < 1.29 is 0 Å². The van der Waals surface area contributed by atoms with Gasteiger partial charge in [0, 0.05) is 25.7 Å². The topological polar surface area (TPSA) is 42.9 Å². The Bertz CT molecular complexity index is 534. The predicted octanol–water partition coefficient (Wildman–Crippen LogP) is 2.98. The number of likely N-dealkylation sites (tertiary alicyclic amines) is 2. The number of hydrogen-bond acceptors (Lipinski definition) is 4. The molecule has 1 aromatic rings. The summed E-state index contributed by atoms with van der Waals surface area (Å²) in [6.07, 6.45) is 6.59. The van der Waals surface area contributed by atoms with Crippen LogP contribution < -0.4 is 10.6 Å². The third kappa shape index (κ3) is 5.81. The summed E-state index contributed by atoms with van der Waals surface area (Å²) in [5.74, 6) is 0.918. The average Bonchev–Trinajstić information content (AvgIpc) is 3.18. The summed E-state index contributed by atoms with van der Waals surface area (Å²) in [7, 11) is 4.11. The van der Waals surface area contributed by atoms with Gasteiger partial charge in [-0.25, -0.2) is 0 Å².